The van der Waals surface area contributed by atoms with Gasteiger partial charge in [-0.1, -0.05) is 11.6 Å². The summed E-state index contributed by atoms with van der Waals surface area (Å²) in [6.07, 6.45) is 2.04. The van der Waals surface area contributed by atoms with E-state index in [1.165, 1.54) is 5.69 Å². The number of benzene rings is 1. The van der Waals surface area contributed by atoms with Crippen LogP contribution in [0.15, 0.2) is 35.5 Å². The summed E-state index contributed by atoms with van der Waals surface area (Å²) in [7, 11) is 5.82. The molecule has 128 valence electrons. The minimum Gasteiger partial charge on any atom is -0.454 e. The topological polar surface area (TPSA) is 51.0 Å². The fraction of sp³-hybridized carbons (Fsp3) is 0.353. The van der Waals surface area contributed by atoms with Crippen LogP contribution < -0.4 is 14.8 Å². The molecule has 0 atom stereocenters. The zero-order chi connectivity index (χ0) is 17.1. The molecule has 2 aromatic rings. The number of ether oxygens (including phenoxy) is 2. The van der Waals surface area contributed by atoms with E-state index in [9.17, 15) is 0 Å². The lowest BCUT2D eigenvalue weighted by atomic mass is 10.2. The van der Waals surface area contributed by atoms with Crippen LogP contribution in [0.4, 0.5) is 0 Å². The van der Waals surface area contributed by atoms with Crippen LogP contribution in [0.2, 0.25) is 5.02 Å². The van der Waals surface area contributed by atoms with Gasteiger partial charge >= 0.3 is 0 Å². The van der Waals surface area contributed by atoms with Crippen molar-refractivity contribution in [3.05, 3.63) is 46.7 Å². The first kappa shape index (κ1) is 16.5. The van der Waals surface area contributed by atoms with Crippen LogP contribution in [0.5, 0.6) is 11.5 Å². The summed E-state index contributed by atoms with van der Waals surface area (Å²) < 4.78 is 12.8. The van der Waals surface area contributed by atoms with Crippen molar-refractivity contribution in [2.24, 2.45) is 12.0 Å². The molecule has 0 unspecified atom stereocenters. The fourth-order valence-corrected chi connectivity index (χ4v) is 2.96. The maximum atomic E-state index is 6.22. The van der Waals surface area contributed by atoms with Gasteiger partial charge in [0, 0.05) is 39.6 Å². The van der Waals surface area contributed by atoms with Crippen molar-refractivity contribution in [3.63, 3.8) is 0 Å². The van der Waals surface area contributed by atoms with E-state index >= 15 is 0 Å². The van der Waals surface area contributed by atoms with Crippen molar-refractivity contribution in [1.82, 2.24) is 14.8 Å². The Morgan fingerprint density at radius 2 is 2.25 bits per heavy atom. The first-order chi connectivity index (χ1) is 11.6. The normalized spacial score (nSPS) is 13.2. The minimum atomic E-state index is 0.215. The van der Waals surface area contributed by atoms with Gasteiger partial charge in [-0.3, -0.25) is 4.99 Å². The zero-order valence-electron chi connectivity index (χ0n) is 14.0. The number of aryl methyl sites for hydroxylation is 1. The molecule has 0 aliphatic carbocycles. The van der Waals surface area contributed by atoms with Gasteiger partial charge in [-0.05, 0) is 29.8 Å². The Hall–Kier alpha value is -2.34. The molecule has 0 fully saturated rings. The van der Waals surface area contributed by atoms with Crippen LogP contribution in [-0.4, -0.2) is 36.3 Å². The Labute approximate surface area is 146 Å². The van der Waals surface area contributed by atoms with Crippen LogP contribution >= 0.6 is 11.6 Å². The number of nitrogens with one attached hydrogen (secondary N) is 1. The number of fused-ring (bicyclic) bond motifs is 1. The molecule has 0 saturated carbocycles. The molecule has 1 aromatic heterocycles. The standard InChI is InChI=1S/C17H21ClN4O2/c1-19-17(22(3)10-13-5-4-6-21(13)2)20-9-12-7-14(18)16-15(8-12)23-11-24-16/h4-8H,9-11H2,1-3H3,(H,19,20). The summed E-state index contributed by atoms with van der Waals surface area (Å²) in [5.41, 5.74) is 2.23. The second-order valence-electron chi connectivity index (χ2n) is 5.68. The zero-order valence-corrected chi connectivity index (χ0v) is 14.8. The molecule has 1 N–H and O–H groups in total. The van der Waals surface area contributed by atoms with Crippen LogP contribution in [0.3, 0.4) is 0 Å². The van der Waals surface area contributed by atoms with E-state index in [-0.39, 0.29) is 6.79 Å². The number of hydrogen-bond acceptors (Lipinski definition) is 3. The molecule has 0 bridgehead atoms. The van der Waals surface area contributed by atoms with E-state index in [1.54, 1.807) is 7.05 Å². The first-order valence-electron chi connectivity index (χ1n) is 7.68. The highest BCUT2D eigenvalue weighted by Gasteiger charge is 2.18. The van der Waals surface area contributed by atoms with Gasteiger partial charge in [-0.15, -0.1) is 0 Å². The van der Waals surface area contributed by atoms with Crippen LogP contribution in [0.1, 0.15) is 11.3 Å². The summed E-state index contributed by atoms with van der Waals surface area (Å²) in [5, 5.41) is 3.91. The Kier molecular flexibility index (Phi) is 4.85. The van der Waals surface area contributed by atoms with E-state index < -0.39 is 0 Å². The molecule has 1 aliphatic rings. The van der Waals surface area contributed by atoms with Crippen molar-refractivity contribution in [2.75, 3.05) is 20.9 Å². The smallest absolute Gasteiger partial charge is 0.231 e. The summed E-state index contributed by atoms with van der Waals surface area (Å²) in [5.74, 6) is 2.11. The van der Waals surface area contributed by atoms with Gasteiger partial charge in [0.05, 0.1) is 11.6 Å². The molecule has 0 radical (unpaired) electrons. The van der Waals surface area contributed by atoms with E-state index in [2.05, 4.69) is 25.8 Å². The molecule has 6 nitrogen and oxygen atoms in total. The minimum absolute atomic E-state index is 0.215. The molecule has 0 amide bonds. The lowest BCUT2D eigenvalue weighted by Gasteiger charge is -2.22. The van der Waals surface area contributed by atoms with Gasteiger partial charge < -0.3 is 24.3 Å². The number of aliphatic imine (C=N–C) groups is 1. The maximum absolute atomic E-state index is 6.22. The van der Waals surface area contributed by atoms with E-state index in [4.69, 9.17) is 21.1 Å². The third kappa shape index (κ3) is 3.43. The number of guanidine groups is 1. The second-order valence-corrected chi connectivity index (χ2v) is 6.09. The van der Waals surface area contributed by atoms with Gasteiger partial charge in [-0.2, -0.15) is 0 Å². The number of halogens is 1. The first-order valence-corrected chi connectivity index (χ1v) is 8.06. The molecule has 3 rings (SSSR count). The van der Waals surface area contributed by atoms with Gasteiger partial charge in [0.25, 0.3) is 0 Å². The quantitative estimate of drug-likeness (QED) is 0.681. The molecule has 1 aromatic carbocycles. The maximum Gasteiger partial charge on any atom is 0.231 e. The Balaban J connectivity index is 1.64. The monoisotopic (exact) mass is 348 g/mol. The van der Waals surface area contributed by atoms with Gasteiger partial charge in [0.15, 0.2) is 17.5 Å². The van der Waals surface area contributed by atoms with Crippen molar-refractivity contribution in [3.8, 4) is 11.5 Å². The molecule has 0 saturated heterocycles. The number of aromatic nitrogens is 1. The van der Waals surface area contributed by atoms with E-state index in [0.717, 1.165) is 18.1 Å². The molecule has 1 aliphatic heterocycles. The molecular formula is C17H21ClN4O2. The average molecular weight is 349 g/mol. The van der Waals surface area contributed by atoms with Gasteiger partial charge in [0.1, 0.15) is 0 Å². The lowest BCUT2D eigenvalue weighted by molar-refractivity contribution is 0.174. The highest BCUT2D eigenvalue weighted by molar-refractivity contribution is 6.32. The fourth-order valence-electron chi connectivity index (χ4n) is 2.67. The predicted octanol–water partition coefficient (Wildman–Crippen LogP) is 2.61. The molecule has 24 heavy (non-hydrogen) atoms. The SMILES string of the molecule is CN=C(NCc1cc(Cl)c2c(c1)OCO2)N(C)Cc1cccn1C. The number of hydrogen-bond donors (Lipinski definition) is 1. The number of rotatable bonds is 4. The van der Waals surface area contributed by atoms with Crippen molar-refractivity contribution >= 4 is 17.6 Å². The highest BCUT2D eigenvalue weighted by Crippen LogP contribution is 2.39. The Morgan fingerprint density at radius 1 is 1.42 bits per heavy atom. The summed E-state index contributed by atoms with van der Waals surface area (Å²) >= 11 is 6.22. The summed E-state index contributed by atoms with van der Waals surface area (Å²) in [6.45, 7) is 1.58. The molecule has 7 heteroatoms. The van der Waals surface area contributed by atoms with E-state index in [1.807, 2.05) is 38.5 Å². The lowest BCUT2D eigenvalue weighted by Crippen LogP contribution is -2.38. The second kappa shape index (κ2) is 7.05. The predicted molar refractivity (Wildman–Crippen MR) is 94.7 cm³/mol. The van der Waals surface area contributed by atoms with Gasteiger partial charge in [0.2, 0.25) is 6.79 Å². The Morgan fingerprint density at radius 3 is 2.96 bits per heavy atom. The van der Waals surface area contributed by atoms with Crippen LogP contribution in [0.25, 0.3) is 0 Å². The molecular weight excluding hydrogens is 328 g/mol. The third-order valence-electron chi connectivity index (χ3n) is 3.96. The molecule has 0 spiro atoms. The van der Waals surface area contributed by atoms with Crippen molar-refractivity contribution < 1.29 is 9.47 Å². The number of nitrogens with zero attached hydrogens (tertiary/aromatic N) is 3. The van der Waals surface area contributed by atoms with Crippen molar-refractivity contribution in [2.45, 2.75) is 13.1 Å². The van der Waals surface area contributed by atoms with Crippen molar-refractivity contribution in [1.29, 1.82) is 0 Å². The Bertz CT molecular complexity index is 757. The third-order valence-corrected chi connectivity index (χ3v) is 4.24. The average Bonchev–Trinajstić information content (AvgIpc) is 3.18. The van der Waals surface area contributed by atoms with Gasteiger partial charge in [-0.25, -0.2) is 0 Å². The van der Waals surface area contributed by atoms with E-state index in [0.29, 0.717) is 23.1 Å². The van der Waals surface area contributed by atoms with Crippen LogP contribution in [0, 0.1) is 0 Å². The molecule has 2 heterocycles. The van der Waals surface area contributed by atoms with Crippen LogP contribution in [-0.2, 0) is 20.1 Å². The largest absolute Gasteiger partial charge is 0.454 e. The highest BCUT2D eigenvalue weighted by atomic mass is 35.5. The summed E-state index contributed by atoms with van der Waals surface area (Å²) in [6, 6.07) is 7.95. The summed E-state index contributed by atoms with van der Waals surface area (Å²) in [4.78, 5) is 6.41.